The van der Waals surface area contributed by atoms with Crippen molar-refractivity contribution < 1.29 is 4.39 Å². The molecule has 0 saturated carbocycles. The van der Waals surface area contributed by atoms with Crippen LogP contribution in [0.15, 0.2) is 16.6 Å². The van der Waals surface area contributed by atoms with Crippen LogP contribution in [0.4, 0.5) is 4.39 Å². The molecule has 1 aliphatic rings. The average Bonchev–Trinajstić information content (AvgIpc) is 2.33. The molecule has 0 radical (unpaired) electrons. The molecule has 0 aromatic heterocycles. The summed E-state index contributed by atoms with van der Waals surface area (Å²) in [6, 6.07) is 4.07. The van der Waals surface area contributed by atoms with E-state index in [0.717, 1.165) is 24.9 Å². The van der Waals surface area contributed by atoms with Crippen molar-refractivity contribution in [2.24, 2.45) is 0 Å². The van der Waals surface area contributed by atoms with Gasteiger partial charge < -0.3 is 5.32 Å². The van der Waals surface area contributed by atoms with Crippen molar-refractivity contribution in [1.82, 2.24) is 5.32 Å². The van der Waals surface area contributed by atoms with Gasteiger partial charge in [0.25, 0.3) is 0 Å². The van der Waals surface area contributed by atoms with Gasteiger partial charge in [-0.05, 0) is 53.4 Å². The first-order valence-electron chi connectivity index (χ1n) is 5.93. The van der Waals surface area contributed by atoms with E-state index in [2.05, 4.69) is 28.2 Å². The predicted molar refractivity (Wildman–Crippen MR) is 68.1 cm³/mol. The van der Waals surface area contributed by atoms with Gasteiger partial charge in [0, 0.05) is 11.6 Å². The van der Waals surface area contributed by atoms with Crippen LogP contribution in [-0.4, -0.2) is 6.54 Å². The topological polar surface area (TPSA) is 12.0 Å². The smallest absolute Gasteiger partial charge is 0.142 e. The number of hydrogen-bond acceptors (Lipinski definition) is 1. The Morgan fingerprint density at radius 3 is 2.88 bits per heavy atom. The summed E-state index contributed by atoms with van der Waals surface area (Å²) in [6.07, 6.45) is 4.37. The summed E-state index contributed by atoms with van der Waals surface area (Å²) in [4.78, 5) is 0. The molecular formula is C13H17BrFN. The van der Waals surface area contributed by atoms with Gasteiger partial charge in [0.1, 0.15) is 5.82 Å². The van der Waals surface area contributed by atoms with Crippen LogP contribution < -0.4 is 5.32 Å². The highest BCUT2D eigenvalue weighted by Crippen LogP contribution is 2.30. The third kappa shape index (κ3) is 2.46. The summed E-state index contributed by atoms with van der Waals surface area (Å²) >= 11 is 3.30. The maximum atomic E-state index is 14.0. The van der Waals surface area contributed by atoms with Crippen molar-refractivity contribution in [2.75, 3.05) is 6.54 Å². The molecule has 1 aliphatic heterocycles. The minimum absolute atomic E-state index is 0.100. The van der Waals surface area contributed by atoms with Crippen LogP contribution >= 0.6 is 15.9 Å². The Morgan fingerprint density at radius 1 is 1.44 bits per heavy atom. The number of halogens is 2. The second kappa shape index (κ2) is 5.28. The number of aryl methyl sites for hydroxylation is 1. The number of piperidine rings is 1. The van der Waals surface area contributed by atoms with Crippen molar-refractivity contribution in [3.8, 4) is 0 Å². The van der Waals surface area contributed by atoms with Gasteiger partial charge in [0.15, 0.2) is 0 Å². The normalized spacial score (nSPS) is 21.1. The second-order valence-corrected chi connectivity index (χ2v) is 5.19. The lowest BCUT2D eigenvalue weighted by molar-refractivity contribution is 0.399. The number of hydrogen-bond donors (Lipinski definition) is 1. The van der Waals surface area contributed by atoms with Gasteiger partial charge in [-0.25, -0.2) is 4.39 Å². The Bertz CT molecular complexity index is 372. The van der Waals surface area contributed by atoms with Crippen LogP contribution in [0.5, 0.6) is 0 Å². The van der Waals surface area contributed by atoms with Crippen molar-refractivity contribution in [1.29, 1.82) is 0 Å². The molecule has 1 aromatic rings. The second-order valence-electron chi connectivity index (χ2n) is 4.34. The zero-order chi connectivity index (χ0) is 11.5. The van der Waals surface area contributed by atoms with Gasteiger partial charge in [-0.1, -0.05) is 19.4 Å². The first kappa shape index (κ1) is 12.1. The molecule has 1 nitrogen and oxygen atoms in total. The van der Waals surface area contributed by atoms with Crippen molar-refractivity contribution >= 4 is 15.9 Å². The molecule has 0 spiro atoms. The van der Waals surface area contributed by atoms with Crippen LogP contribution in [0.25, 0.3) is 0 Å². The van der Waals surface area contributed by atoms with E-state index in [-0.39, 0.29) is 11.9 Å². The van der Waals surface area contributed by atoms with Crippen LogP contribution in [0.1, 0.15) is 43.4 Å². The summed E-state index contributed by atoms with van der Waals surface area (Å²) in [6.45, 7) is 3.09. The fraction of sp³-hybridized carbons (Fsp3) is 0.538. The minimum atomic E-state index is -0.100. The summed E-state index contributed by atoms with van der Waals surface area (Å²) in [5.74, 6) is -0.100. The molecule has 1 heterocycles. The molecule has 1 saturated heterocycles. The van der Waals surface area contributed by atoms with E-state index in [1.54, 1.807) is 0 Å². The summed E-state index contributed by atoms with van der Waals surface area (Å²) in [7, 11) is 0. The zero-order valence-corrected chi connectivity index (χ0v) is 11.1. The highest BCUT2D eigenvalue weighted by Gasteiger charge is 2.20. The van der Waals surface area contributed by atoms with Crippen LogP contribution in [-0.2, 0) is 6.42 Å². The van der Waals surface area contributed by atoms with E-state index < -0.39 is 0 Å². The molecule has 16 heavy (non-hydrogen) atoms. The fourth-order valence-corrected chi connectivity index (χ4v) is 2.77. The van der Waals surface area contributed by atoms with Crippen LogP contribution in [0.2, 0.25) is 0 Å². The Kier molecular flexibility index (Phi) is 3.98. The Labute approximate surface area is 105 Å². The first-order chi connectivity index (χ1) is 7.72. The van der Waals surface area contributed by atoms with E-state index >= 15 is 0 Å². The maximum absolute atomic E-state index is 14.0. The van der Waals surface area contributed by atoms with E-state index in [1.165, 1.54) is 18.4 Å². The molecular weight excluding hydrogens is 269 g/mol. The molecule has 1 fully saturated rings. The number of nitrogens with one attached hydrogen (secondary N) is 1. The molecule has 1 unspecified atom stereocenters. The van der Waals surface area contributed by atoms with Crippen molar-refractivity contribution in [3.63, 3.8) is 0 Å². The van der Waals surface area contributed by atoms with E-state index in [4.69, 9.17) is 0 Å². The quantitative estimate of drug-likeness (QED) is 0.867. The van der Waals surface area contributed by atoms with Gasteiger partial charge in [-0.15, -0.1) is 0 Å². The van der Waals surface area contributed by atoms with Gasteiger partial charge in [-0.2, -0.15) is 0 Å². The lowest BCUT2D eigenvalue weighted by Gasteiger charge is -2.25. The molecule has 88 valence electrons. The van der Waals surface area contributed by atoms with Gasteiger partial charge in [0.05, 0.1) is 4.47 Å². The third-order valence-corrected chi connectivity index (χ3v) is 3.79. The van der Waals surface area contributed by atoms with E-state index in [1.807, 2.05) is 12.1 Å². The lowest BCUT2D eigenvalue weighted by Crippen LogP contribution is -2.27. The maximum Gasteiger partial charge on any atom is 0.142 e. The monoisotopic (exact) mass is 285 g/mol. The third-order valence-electron chi connectivity index (χ3n) is 3.21. The molecule has 0 amide bonds. The average molecular weight is 286 g/mol. The molecule has 1 N–H and O–H groups in total. The van der Waals surface area contributed by atoms with E-state index in [0.29, 0.717) is 4.47 Å². The molecule has 0 aliphatic carbocycles. The first-order valence-corrected chi connectivity index (χ1v) is 6.73. The largest absolute Gasteiger partial charge is 0.310 e. The lowest BCUT2D eigenvalue weighted by atomic mass is 9.95. The SMILES string of the molecule is CCc1cc(Br)c(F)c(C2CCCCN2)c1. The molecule has 1 aromatic carbocycles. The van der Waals surface area contributed by atoms with E-state index in [9.17, 15) is 4.39 Å². The standard InChI is InChI=1S/C13H17BrFN/c1-2-9-7-10(13(15)11(14)8-9)12-5-3-4-6-16-12/h7-8,12,16H,2-6H2,1H3. The zero-order valence-electron chi connectivity index (χ0n) is 9.52. The van der Waals surface area contributed by atoms with Crippen molar-refractivity contribution in [2.45, 2.75) is 38.6 Å². The highest BCUT2D eigenvalue weighted by atomic mass is 79.9. The molecule has 1 atom stereocenters. The fourth-order valence-electron chi connectivity index (χ4n) is 2.24. The minimum Gasteiger partial charge on any atom is -0.310 e. The summed E-state index contributed by atoms with van der Waals surface area (Å²) in [5.41, 5.74) is 2.02. The highest BCUT2D eigenvalue weighted by molar-refractivity contribution is 9.10. The van der Waals surface area contributed by atoms with Gasteiger partial charge in [0.2, 0.25) is 0 Å². The number of rotatable bonds is 2. The van der Waals surface area contributed by atoms with Crippen molar-refractivity contribution in [3.05, 3.63) is 33.5 Å². The molecule has 2 rings (SSSR count). The summed E-state index contributed by atoms with van der Waals surface area (Å²) in [5, 5.41) is 3.39. The Balaban J connectivity index is 2.33. The van der Waals surface area contributed by atoms with Gasteiger partial charge >= 0.3 is 0 Å². The molecule has 3 heteroatoms. The Morgan fingerprint density at radius 2 is 2.25 bits per heavy atom. The Hall–Kier alpha value is -0.410. The van der Waals surface area contributed by atoms with Crippen LogP contribution in [0, 0.1) is 5.82 Å². The molecule has 0 bridgehead atoms. The summed E-state index contributed by atoms with van der Waals surface area (Å²) < 4.78 is 14.6. The van der Waals surface area contributed by atoms with Crippen LogP contribution in [0.3, 0.4) is 0 Å². The number of benzene rings is 1. The predicted octanol–water partition coefficient (Wildman–Crippen LogP) is 3.97. The van der Waals surface area contributed by atoms with Gasteiger partial charge in [-0.3, -0.25) is 0 Å².